The molecule has 0 radical (unpaired) electrons. The molecule has 5 nitrogen and oxygen atoms in total. The summed E-state index contributed by atoms with van der Waals surface area (Å²) >= 11 is 17.9. The van der Waals surface area contributed by atoms with Crippen molar-refractivity contribution in [3.8, 4) is 0 Å². The van der Waals surface area contributed by atoms with E-state index in [0.717, 1.165) is 0 Å². The Hall–Kier alpha value is -1.47. The van der Waals surface area contributed by atoms with Crippen molar-refractivity contribution in [3.05, 3.63) is 56.5 Å². The van der Waals surface area contributed by atoms with Gasteiger partial charge < -0.3 is 4.74 Å². The number of esters is 1. The Balaban J connectivity index is 2.40. The lowest BCUT2D eigenvalue weighted by molar-refractivity contribution is 0.0601. The average Bonchev–Trinajstić information content (AvgIpc) is 2.51. The van der Waals surface area contributed by atoms with E-state index in [4.69, 9.17) is 34.8 Å². The number of halogens is 3. The van der Waals surface area contributed by atoms with Crippen molar-refractivity contribution in [2.45, 2.75) is 11.8 Å². The molecule has 128 valence electrons. The largest absolute Gasteiger partial charge is 0.465 e. The Morgan fingerprint density at radius 2 is 1.71 bits per heavy atom. The van der Waals surface area contributed by atoms with Crippen molar-refractivity contribution < 1.29 is 17.9 Å². The van der Waals surface area contributed by atoms with Crippen LogP contribution < -0.4 is 4.72 Å². The first-order chi connectivity index (χ1) is 11.2. The smallest absolute Gasteiger partial charge is 0.337 e. The number of benzene rings is 2. The molecule has 0 aliphatic rings. The van der Waals surface area contributed by atoms with Crippen LogP contribution >= 0.6 is 34.8 Å². The molecule has 9 heteroatoms. The normalized spacial score (nSPS) is 11.2. The van der Waals surface area contributed by atoms with Crippen LogP contribution in [0.1, 0.15) is 15.9 Å². The highest BCUT2D eigenvalue weighted by atomic mass is 35.5. The van der Waals surface area contributed by atoms with Gasteiger partial charge in [0.25, 0.3) is 10.0 Å². The van der Waals surface area contributed by atoms with Gasteiger partial charge in [0.05, 0.1) is 28.4 Å². The van der Waals surface area contributed by atoms with Gasteiger partial charge in [0.15, 0.2) is 0 Å². The molecule has 24 heavy (non-hydrogen) atoms. The van der Waals surface area contributed by atoms with Crippen LogP contribution in [0.4, 0.5) is 5.69 Å². The number of carbonyl (C=O) groups is 1. The monoisotopic (exact) mass is 407 g/mol. The number of ether oxygens (including phenoxy) is 1. The summed E-state index contributed by atoms with van der Waals surface area (Å²) in [4.78, 5) is 11.3. The van der Waals surface area contributed by atoms with Gasteiger partial charge in [0.1, 0.15) is 4.90 Å². The maximum absolute atomic E-state index is 12.5. The quantitative estimate of drug-likeness (QED) is 0.754. The van der Waals surface area contributed by atoms with Crippen LogP contribution in [0.5, 0.6) is 0 Å². The Morgan fingerprint density at radius 3 is 2.29 bits per heavy atom. The van der Waals surface area contributed by atoms with E-state index in [1.165, 1.54) is 37.4 Å². The van der Waals surface area contributed by atoms with E-state index in [9.17, 15) is 13.2 Å². The molecule has 0 aliphatic heterocycles. The number of rotatable bonds is 4. The molecular formula is C15H12Cl3NO4S. The summed E-state index contributed by atoms with van der Waals surface area (Å²) in [5, 5.41) is 0.392. The number of nitrogens with one attached hydrogen (secondary N) is 1. The van der Waals surface area contributed by atoms with Crippen molar-refractivity contribution in [1.82, 2.24) is 0 Å². The highest BCUT2D eigenvalue weighted by Crippen LogP contribution is 2.31. The first-order valence-corrected chi connectivity index (χ1v) is 9.13. The molecule has 2 aromatic carbocycles. The molecule has 2 aromatic rings. The van der Waals surface area contributed by atoms with Crippen molar-refractivity contribution in [2.24, 2.45) is 0 Å². The van der Waals surface area contributed by atoms with E-state index in [2.05, 4.69) is 9.46 Å². The molecule has 0 saturated carbocycles. The molecule has 0 heterocycles. The first kappa shape index (κ1) is 18.9. The maximum Gasteiger partial charge on any atom is 0.337 e. The zero-order valence-corrected chi connectivity index (χ0v) is 15.6. The molecule has 0 spiro atoms. The van der Waals surface area contributed by atoms with Crippen LogP contribution in [0.15, 0.2) is 35.2 Å². The van der Waals surface area contributed by atoms with E-state index in [0.29, 0.717) is 10.6 Å². The van der Waals surface area contributed by atoms with Crippen molar-refractivity contribution in [3.63, 3.8) is 0 Å². The molecule has 2 rings (SSSR count). The minimum atomic E-state index is -3.99. The summed E-state index contributed by atoms with van der Waals surface area (Å²) in [6, 6.07) is 6.78. The van der Waals surface area contributed by atoms with Crippen LogP contribution in [0, 0.1) is 6.92 Å². The van der Waals surface area contributed by atoms with Crippen molar-refractivity contribution >= 4 is 56.5 Å². The minimum absolute atomic E-state index is 0.0135. The van der Waals surface area contributed by atoms with Gasteiger partial charge in [0, 0.05) is 5.02 Å². The predicted molar refractivity (Wildman–Crippen MR) is 94.8 cm³/mol. The number of aryl methyl sites for hydroxylation is 1. The number of sulfonamides is 1. The lowest BCUT2D eigenvalue weighted by Crippen LogP contribution is -2.14. The third-order valence-electron chi connectivity index (χ3n) is 3.14. The first-order valence-electron chi connectivity index (χ1n) is 6.52. The Morgan fingerprint density at radius 1 is 1.04 bits per heavy atom. The number of anilines is 1. The summed E-state index contributed by atoms with van der Waals surface area (Å²) in [6.07, 6.45) is 0. The lowest BCUT2D eigenvalue weighted by atomic mass is 10.2. The van der Waals surface area contributed by atoms with E-state index >= 15 is 0 Å². The molecule has 0 atom stereocenters. The average molecular weight is 409 g/mol. The van der Waals surface area contributed by atoms with Crippen LogP contribution in [-0.4, -0.2) is 21.5 Å². The Kier molecular flexibility index (Phi) is 5.65. The zero-order chi connectivity index (χ0) is 18.1. The fraction of sp³-hybridized carbons (Fsp3) is 0.133. The van der Waals surface area contributed by atoms with Crippen LogP contribution in [0.25, 0.3) is 0 Å². The number of hydrogen-bond acceptors (Lipinski definition) is 4. The molecule has 0 aliphatic carbocycles. The van der Waals surface area contributed by atoms with Gasteiger partial charge in [-0.3, -0.25) is 4.72 Å². The fourth-order valence-corrected chi connectivity index (χ4v) is 4.08. The Labute approximate surface area is 154 Å². The summed E-state index contributed by atoms with van der Waals surface area (Å²) in [5.74, 6) is -0.581. The van der Waals surface area contributed by atoms with E-state index in [-0.39, 0.29) is 26.2 Å². The molecular weight excluding hydrogens is 397 g/mol. The predicted octanol–water partition coefficient (Wildman–Crippen LogP) is 4.54. The molecule has 0 unspecified atom stereocenters. The van der Waals surface area contributed by atoms with Crippen LogP contribution in [-0.2, 0) is 14.8 Å². The third kappa shape index (κ3) is 3.95. The van der Waals surface area contributed by atoms with E-state index < -0.39 is 16.0 Å². The molecule has 0 amide bonds. The zero-order valence-electron chi connectivity index (χ0n) is 12.6. The second kappa shape index (κ2) is 7.19. The third-order valence-corrected chi connectivity index (χ3v) is 5.69. The highest BCUT2D eigenvalue weighted by molar-refractivity contribution is 7.92. The fourth-order valence-electron chi connectivity index (χ4n) is 1.88. The summed E-state index contributed by atoms with van der Waals surface area (Å²) < 4.78 is 32.0. The Bertz CT molecular complexity index is 913. The van der Waals surface area contributed by atoms with Crippen molar-refractivity contribution in [1.29, 1.82) is 0 Å². The summed E-state index contributed by atoms with van der Waals surface area (Å²) in [5.41, 5.74) is 0.868. The topological polar surface area (TPSA) is 72.5 Å². The van der Waals surface area contributed by atoms with E-state index in [1.807, 2.05) is 0 Å². The van der Waals surface area contributed by atoms with Gasteiger partial charge in [-0.25, -0.2) is 13.2 Å². The number of carbonyl (C=O) groups excluding carboxylic acids is 1. The molecule has 0 aromatic heterocycles. The molecule has 0 saturated heterocycles. The summed E-state index contributed by atoms with van der Waals surface area (Å²) in [6.45, 7) is 1.66. The molecule has 1 N–H and O–H groups in total. The van der Waals surface area contributed by atoms with Crippen LogP contribution in [0.3, 0.4) is 0 Å². The molecule has 0 bridgehead atoms. The van der Waals surface area contributed by atoms with E-state index in [1.54, 1.807) is 6.92 Å². The van der Waals surface area contributed by atoms with Gasteiger partial charge >= 0.3 is 5.97 Å². The van der Waals surface area contributed by atoms with Gasteiger partial charge in [-0.15, -0.1) is 0 Å². The van der Waals surface area contributed by atoms with Gasteiger partial charge in [-0.2, -0.15) is 0 Å². The van der Waals surface area contributed by atoms with Gasteiger partial charge in [0.2, 0.25) is 0 Å². The number of methoxy groups -OCH3 is 1. The second-order valence-corrected chi connectivity index (χ2v) is 7.70. The van der Waals surface area contributed by atoms with Crippen LogP contribution in [0.2, 0.25) is 15.1 Å². The van der Waals surface area contributed by atoms with Gasteiger partial charge in [-0.1, -0.05) is 34.8 Å². The maximum atomic E-state index is 12.5. The highest BCUT2D eigenvalue weighted by Gasteiger charge is 2.21. The van der Waals surface area contributed by atoms with Crippen molar-refractivity contribution in [2.75, 3.05) is 11.8 Å². The number of hydrogen-bond donors (Lipinski definition) is 1. The lowest BCUT2D eigenvalue weighted by Gasteiger charge is -2.12. The van der Waals surface area contributed by atoms with Gasteiger partial charge in [-0.05, 0) is 42.8 Å². The molecule has 0 fully saturated rings. The standard InChI is InChI=1S/C15H12Cl3NO4S/c1-8-5-14(12(18)7-10(8)16)24(21,22)19-13-4-3-9(6-11(13)17)15(20)23-2/h3-7,19H,1-2H3. The minimum Gasteiger partial charge on any atom is -0.465 e. The summed E-state index contributed by atoms with van der Waals surface area (Å²) in [7, 11) is -2.75. The SMILES string of the molecule is COC(=O)c1ccc(NS(=O)(=O)c2cc(C)c(Cl)cc2Cl)c(Cl)c1. The second-order valence-electron chi connectivity index (χ2n) is 4.82.